The lowest BCUT2D eigenvalue weighted by molar-refractivity contribution is 0.599. The number of sulfone groups is 1. The van der Waals surface area contributed by atoms with E-state index in [0.29, 0.717) is 16.5 Å². The lowest BCUT2D eigenvalue weighted by atomic mass is 10.3. The molecule has 0 saturated carbocycles. The number of nitrogens with two attached hydrogens (primary N) is 1. The van der Waals surface area contributed by atoms with Crippen molar-refractivity contribution in [1.82, 2.24) is 0 Å². The third kappa shape index (κ3) is 4.23. The predicted octanol–water partition coefficient (Wildman–Crippen LogP) is 2.45. The normalized spacial score (nSPS) is 11.6. The number of benzene rings is 1. The van der Waals surface area contributed by atoms with Crippen LogP contribution in [0.1, 0.15) is 6.92 Å². The van der Waals surface area contributed by atoms with Gasteiger partial charge in [-0.3, -0.25) is 0 Å². The molecule has 0 aromatic heterocycles. The van der Waals surface area contributed by atoms with Crippen LogP contribution in [0.25, 0.3) is 0 Å². The summed E-state index contributed by atoms with van der Waals surface area (Å²) in [6.07, 6.45) is 0. The van der Waals surface area contributed by atoms with Crippen molar-refractivity contribution in [3.05, 3.63) is 23.2 Å². The number of hydrogen-bond donors (Lipinski definition) is 1. The van der Waals surface area contributed by atoms with Crippen LogP contribution in [0.4, 0.5) is 5.69 Å². The molecule has 1 aromatic rings. The zero-order chi connectivity index (χ0) is 12.2. The molecule has 0 spiro atoms. The van der Waals surface area contributed by atoms with Crippen molar-refractivity contribution >= 4 is 38.9 Å². The van der Waals surface area contributed by atoms with Gasteiger partial charge in [-0.1, -0.05) is 18.5 Å². The van der Waals surface area contributed by atoms with Crippen LogP contribution < -0.4 is 5.73 Å². The molecule has 0 amide bonds. The summed E-state index contributed by atoms with van der Waals surface area (Å²) >= 11 is 7.20. The second-order valence-corrected chi connectivity index (χ2v) is 7.31. The Balaban J connectivity index is 2.56. The molecule has 90 valence electrons. The Morgan fingerprint density at radius 2 is 2.12 bits per heavy atom. The maximum absolute atomic E-state index is 11.3. The van der Waals surface area contributed by atoms with E-state index in [9.17, 15) is 8.42 Å². The number of rotatable bonds is 5. The van der Waals surface area contributed by atoms with Gasteiger partial charge in [0, 0.05) is 27.1 Å². The Kier molecular flexibility index (Phi) is 4.95. The van der Waals surface area contributed by atoms with Crippen LogP contribution in [0.2, 0.25) is 5.02 Å². The molecule has 2 N–H and O–H groups in total. The topological polar surface area (TPSA) is 60.2 Å². The van der Waals surface area contributed by atoms with Crippen molar-refractivity contribution in [3.63, 3.8) is 0 Å². The van der Waals surface area contributed by atoms with Crippen LogP contribution in [0, 0.1) is 0 Å². The number of nitrogen functional groups attached to an aromatic ring is 1. The van der Waals surface area contributed by atoms with Gasteiger partial charge >= 0.3 is 0 Å². The summed E-state index contributed by atoms with van der Waals surface area (Å²) < 4.78 is 22.5. The minimum absolute atomic E-state index is 0.177. The van der Waals surface area contributed by atoms with Gasteiger partial charge in [0.2, 0.25) is 0 Å². The van der Waals surface area contributed by atoms with E-state index in [1.165, 1.54) is 11.8 Å². The van der Waals surface area contributed by atoms with Crippen molar-refractivity contribution in [2.45, 2.75) is 11.8 Å². The van der Waals surface area contributed by atoms with Gasteiger partial charge in [0.1, 0.15) is 0 Å². The predicted molar refractivity (Wildman–Crippen MR) is 70.9 cm³/mol. The molecule has 0 saturated heterocycles. The van der Waals surface area contributed by atoms with Gasteiger partial charge in [-0.25, -0.2) is 8.42 Å². The van der Waals surface area contributed by atoms with E-state index >= 15 is 0 Å². The molecule has 0 aliphatic carbocycles. The van der Waals surface area contributed by atoms with Crippen LogP contribution in [-0.4, -0.2) is 25.7 Å². The van der Waals surface area contributed by atoms with E-state index in [2.05, 4.69) is 0 Å². The maximum atomic E-state index is 11.3. The molecular weight excluding hydrogens is 266 g/mol. The van der Waals surface area contributed by atoms with Crippen LogP contribution in [0.3, 0.4) is 0 Å². The summed E-state index contributed by atoms with van der Waals surface area (Å²) in [7, 11) is -2.90. The zero-order valence-corrected chi connectivity index (χ0v) is 11.3. The smallest absolute Gasteiger partial charge is 0.150 e. The van der Waals surface area contributed by atoms with Gasteiger partial charge in [-0.2, -0.15) is 0 Å². The summed E-state index contributed by atoms with van der Waals surface area (Å²) in [6, 6.07) is 5.22. The van der Waals surface area contributed by atoms with E-state index in [4.69, 9.17) is 17.3 Å². The summed E-state index contributed by atoms with van der Waals surface area (Å²) in [6.45, 7) is 1.65. The van der Waals surface area contributed by atoms with Crippen molar-refractivity contribution in [2.75, 3.05) is 23.0 Å². The quantitative estimate of drug-likeness (QED) is 0.664. The second-order valence-electron chi connectivity index (χ2n) is 3.27. The van der Waals surface area contributed by atoms with E-state index in [0.717, 1.165) is 4.90 Å². The fourth-order valence-corrected chi connectivity index (χ4v) is 3.50. The molecule has 16 heavy (non-hydrogen) atoms. The molecule has 6 heteroatoms. The highest BCUT2D eigenvalue weighted by Gasteiger charge is 2.08. The van der Waals surface area contributed by atoms with Crippen LogP contribution >= 0.6 is 23.4 Å². The average Bonchev–Trinajstić information content (AvgIpc) is 2.21. The number of halogens is 1. The first-order valence-electron chi connectivity index (χ1n) is 4.83. The SMILES string of the molecule is CCS(=O)(=O)CCSc1ccc(Cl)cc1N. The molecule has 0 fully saturated rings. The Bertz CT molecular complexity index is 460. The van der Waals surface area contributed by atoms with Gasteiger partial charge in [0.05, 0.1) is 5.75 Å². The van der Waals surface area contributed by atoms with Crippen molar-refractivity contribution in [1.29, 1.82) is 0 Å². The number of thioether (sulfide) groups is 1. The Labute approximate surface area is 105 Å². The maximum Gasteiger partial charge on any atom is 0.150 e. The minimum Gasteiger partial charge on any atom is -0.398 e. The minimum atomic E-state index is -2.90. The van der Waals surface area contributed by atoms with Crippen molar-refractivity contribution in [2.24, 2.45) is 0 Å². The molecule has 0 atom stereocenters. The fourth-order valence-electron chi connectivity index (χ4n) is 1.07. The standard InChI is InChI=1S/C10H14ClNO2S2/c1-2-16(13,14)6-5-15-10-4-3-8(11)7-9(10)12/h3-4,7H,2,5-6,12H2,1H3. The highest BCUT2D eigenvalue weighted by atomic mass is 35.5. The first-order valence-corrected chi connectivity index (χ1v) is 8.01. The highest BCUT2D eigenvalue weighted by Crippen LogP contribution is 2.27. The lowest BCUT2D eigenvalue weighted by Crippen LogP contribution is -2.10. The second kappa shape index (κ2) is 5.80. The largest absolute Gasteiger partial charge is 0.398 e. The number of anilines is 1. The van der Waals surface area contributed by atoms with E-state index in [1.807, 2.05) is 0 Å². The van der Waals surface area contributed by atoms with Gasteiger partial charge in [0.25, 0.3) is 0 Å². The molecule has 1 aromatic carbocycles. The molecule has 0 unspecified atom stereocenters. The Morgan fingerprint density at radius 1 is 1.44 bits per heavy atom. The van der Waals surface area contributed by atoms with E-state index in [-0.39, 0.29) is 11.5 Å². The fraction of sp³-hybridized carbons (Fsp3) is 0.400. The monoisotopic (exact) mass is 279 g/mol. The van der Waals surface area contributed by atoms with Gasteiger partial charge in [0.15, 0.2) is 9.84 Å². The third-order valence-corrected chi connectivity index (χ3v) is 5.35. The van der Waals surface area contributed by atoms with E-state index in [1.54, 1.807) is 25.1 Å². The zero-order valence-electron chi connectivity index (χ0n) is 8.94. The Morgan fingerprint density at radius 3 is 2.69 bits per heavy atom. The molecule has 0 radical (unpaired) electrons. The van der Waals surface area contributed by atoms with Crippen molar-refractivity contribution < 1.29 is 8.42 Å². The van der Waals surface area contributed by atoms with Gasteiger partial charge in [-0.05, 0) is 18.2 Å². The van der Waals surface area contributed by atoms with Gasteiger partial charge in [-0.15, -0.1) is 11.8 Å². The van der Waals surface area contributed by atoms with Crippen LogP contribution in [-0.2, 0) is 9.84 Å². The lowest BCUT2D eigenvalue weighted by Gasteiger charge is -2.05. The molecular formula is C10H14ClNO2S2. The molecule has 1 rings (SSSR count). The first-order chi connectivity index (χ1) is 7.44. The average molecular weight is 280 g/mol. The summed E-state index contributed by atoms with van der Waals surface area (Å²) in [5, 5.41) is 0.586. The Hall–Kier alpha value is -0.390. The third-order valence-electron chi connectivity index (χ3n) is 2.06. The molecule has 0 aliphatic heterocycles. The summed E-state index contributed by atoms with van der Waals surface area (Å²) in [5.74, 6) is 0.877. The van der Waals surface area contributed by atoms with Gasteiger partial charge < -0.3 is 5.73 Å². The number of hydrogen-bond acceptors (Lipinski definition) is 4. The first kappa shape index (κ1) is 13.7. The van der Waals surface area contributed by atoms with Crippen LogP contribution in [0.15, 0.2) is 23.1 Å². The summed E-state index contributed by atoms with van der Waals surface area (Å²) in [5.41, 5.74) is 6.34. The van der Waals surface area contributed by atoms with E-state index < -0.39 is 9.84 Å². The van der Waals surface area contributed by atoms with Crippen LogP contribution in [0.5, 0.6) is 0 Å². The molecule has 0 bridgehead atoms. The summed E-state index contributed by atoms with van der Waals surface area (Å²) in [4.78, 5) is 0.871. The van der Waals surface area contributed by atoms with Crippen molar-refractivity contribution in [3.8, 4) is 0 Å². The molecule has 0 heterocycles. The molecule has 0 aliphatic rings. The highest BCUT2D eigenvalue weighted by molar-refractivity contribution is 8.00. The molecule has 3 nitrogen and oxygen atoms in total.